The van der Waals surface area contributed by atoms with Gasteiger partial charge in [0.15, 0.2) is 0 Å². The lowest BCUT2D eigenvalue weighted by atomic mass is 11.1. The van der Waals surface area contributed by atoms with Crippen molar-refractivity contribution in [3.63, 3.8) is 0 Å². The summed E-state index contributed by atoms with van der Waals surface area (Å²) in [5.41, 5.74) is 6.02. The molecule has 0 radical (unpaired) electrons. The predicted molar refractivity (Wildman–Crippen MR) is 39.1 cm³/mol. The highest BCUT2D eigenvalue weighted by Crippen LogP contribution is 2.56. The molecule has 1 atom stereocenters. The Morgan fingerprint density at radius 1 is 1.38 bits per heavy atom. The normalized spacial score (nSPS) is 16.2. The number of nitrogens with one attached hydrogen (secondary N) is 2. The maximum Gasteiger partial charge on any atom is 0.502 e. The highest BCUT2D eigenvalue weighted by molar-refractivity contribution is 7.60. The summed E-state index contributed by atoms with van der Waals surface area (Å²) in [4.78, 5) is 24.7. The third kappa shape index (κ3) is 7.88. The van der Waals surface area contributed by atoms with Gasteiger partial charge in [0.2, 0.25) is 5.96 Å². The Morgan fingerprint density at radius 2 is 1.85 bits per heavy atom. The molecule has 0 aromatic heterocycles. The quantitative estimate of drug-likeness (QED) is 0.148. The second kappa shape index (κ2) is 4.16. The van der Waals surface area contributed by atoms with Gasteiger partial charge in [-0.3, -0.25) is 5.41 Å². The summed E-state index contributed by atoms with van der Waals surface area (Å²) in [6, 6.07) is 0. The number of hydrogen-bond donors (Lipinski definition) is 6. The molecule has 0 bridgehead atoms. The predicted octanol–water partition coefficient (Wildman–Crippen LogP) is -1.39. The van der Waals surface area contributed by atoms with E-state index in [0.717, 1.165) is 0 Å². The summed E-state index contributed by atoms with van der Waals surface area (Å²) in [5, 5.41) is 6.47. The number of guanidine groups is 1. The van der Waals surface area contributed by atoms with Gasteiger partial charge in [0.1, 0.15) is 0 Å². The van der Waals surface area contributed by atoms with Crippen molar-refractivity contribution < 1.29 is 32.7 Å². The van der Waals surface area contributed by atoms with Crippen LogP contribution in [0.3, 0.4) is 0 Å². The topological polar surface area (TPSA) is 175 Å². The molecule has 0 spiro atoms. The van der Waals surface area contributed by atoms with Gasteiger partial charge in [0.05, 0.1) is 0 Å². The first kappa shape index (κ1) is 12.5. The molecule has 1 unspecified atom stereocenters. The zero-order valence-electron chi connectivity index (χ0n) is 5.95. The van der Waals surface area contributed by atoms with Gasteiger partial charge in [0, 0.05) is 0 Å². The van der Waals surface area contributed by atoms with Gasteiger partial charge in [-0.25, -0.2) is 14.6 Å². The van der Waals surface area contributed by atoms with Crippen molar-refractivity contribution in [1.82, 2.24) is 5.48 Å². The maximum absolute atomic E-state index is 10.5. The fourth-order valence-corrected chi connectivity index (χ4v) is 1.68. The minimum absolute atomic E-state index is 0.830. The Morgan fingerprint density at radius 3 is 2.15 bits per heavy atom. The van der Waals surface area contributed by atoms with Crippen molar-refractivity contribution in [3.8, 4) is 0 Å². The second-order valence-electron chi connectivity index (χ2n) is 1.65. The van der Waals surface area contributed by atoms with Crippen LogP contribution in [0.1, 0.15) is 0 Å². The van der Waals surface area contributed by atoms with Crippen LogP contribution in [0, 0.1) is 5.41 Å². The van der Waals surface area contributed by atoms with Crippen molar-refractivity contribution >= 4 is 21.6 Å². The lowest BCUT2D eigenvalue weighted by Gasteiger charge is -2.11. The summed E-state index contributed by atoms with van der Waals surface area (Å²) >= 11 is 0. The average Bonchev–Trinajstić information content (AvgIpc) is 1.78. The van der Waals surface area contributed by atoms with Gasteiger partial charge < -0.3 is 20.4 Å². The summed E-state index contributed by atoms with van der Waals surface area (Å²) in [7, 11) is -10.1. The van der Waals surface area contributed by atoms with Crippen LogP contribution >= 0.6 is 15.6 Å². The zero-order chi connectivity index (χ0) is 10.7. The molecule has 12 heteroatoms. The maximum atomic E-state index is 10.5. The monoisotopic (exact) mass is 235 g/mol. The molecule has 13 heavy (non-hydrogen) atoms. The zero-order valence-corrected chi connectivity index (χ0v) is 7.74. The van der Waals surface area contributed by atoms with Gasteiger partial charge >= 0.3 is 15.6 Å². The first-order chi connectivity index (χ1) is 5.62. The van der Waals surface area contributed by atoms with Gasteiger partial charge in [-0.2, -0.15) is 8.94 Å². The minimum Gasteiger partial charge on any atom is -0.368 e. The number of nitrogens with two attached hydrogens (primary N) is 1. The fourth-order valence-electron chi connectivity index (χ4n) is 0.258. The molecule has 78 valence electrons. The number of rotatable bonds is 4. The molecule has 0 rings (SSSR count). The number of phosphoric acid groups is 2. The molecule has 0 aliphatic heterocycles. The van der Waals surface area contributed by atoms with Crippen LogP contribution in [0.25, 0.3) is 0 Å². The van der Waals surface area contributed by atoms with Gasteiger partial charge in [-0.15, -0.1) is 0 Å². The molecule has 0 fully saturated rings. The van der Waals surface area contributed by atoms with Crippen LogP contribution in [0.5, 0.6) is 0 Å². The van der Waals surface area contributed by atoms with E-state index in [2.05, 4.69) is 14.7 Å². The van der Waals surface area contributed by atoms with Crippen molar-refractivity contribution in [3.05, 3.63) is 0 Å². The summed E-state index contributed by atoms with van der Waals surface area (Å²) in [5.74, 6) is -0.830. The Balaban J connectivity index is 4.18. The smallest absolute Gasteiger partial charge is 0.368 e. The molecule has 7 N–H and O–H groups in total. The summed E-state index contributed by atoms with van der Waals surface area (Å²) in [6.07, 6.45) is 0. The largest absolute Gasteiger partial charge is 0.502 e. The molecule has 10 nitrogen and oxygen atoms in total. The van der Waals surface area contributed by atoms with Crippen LogP contribution < -0.4 is 11.2 Å². The van der Waals surface area contributed by atoms with Crippen molar-refractivity contribution in [1.29, 1.82) is 5.41 Å². The van der Waals surface area contributed by atoms with Crippen molar-refractivity contribution in [2.75, 3.05) is 0 Å². The SMILES string of the molecule is N=C(N)NOP(=O)(O)OP(=O)(O)O. The minimum atomic E-state index is -5.14. The molecular weight excluding hydrogens is 228 g/mol. The molecule has 0 saturated carbocycles. The first-order valence-electron chi connectivity index (χ1n) is 2.51. The van der Waals surface area contributed by atoms with E-state index in [-0.39, 0.29) is 0 Å². The second-order valence-corrected chi connectivity index (χ2v) is 4.40. The molecule has 0 aliphatic carbocycles. The van der Waals surface area contributed by atoms with Crippen molar-refractivity contribution in [2.45, 2.75) is 0 Å². The summed E-state index contributed by atoms with van der Waals surface area (Å²) < 4.78 is 27.6. The van der Waals surface area contributed by atoms with Gasteiger partial charge in [-0.05, 0) is 0 Å². The molecule has 0 aromatic rings. The number of hydrogen-bond acceptors (Lipinski definition) is 5. The van der Waals surface area contributed by atoms with Crippen LogP contribution in [-0.4, -0.2) is 20.6 Å². The fraction of sp³-hybridized carbons (Fsp3) is 0. The van der Waals surface area contributed by atoms with E-state index in [4.69, 9.17) is 20.1 Å². The molecular formula is CH7N3O7P2. The van der Waals surface area contributed by atoms with E-state index < -0.39 is 21.6 Å². The number of hydroxylamine groups is 1. The van der Waals surface area contributed by atoms with Gasteiger partial charge in [0.25, 0.3) is 0 Å². The third-order valence-corrected chi connectivity index (χ3v) is 2.48. The molecule has 0 heterocycles. The van der Waals surface area contributed by atoms with Crippen LogP contribution in [-0.2, 0) is 18.1 Å². The van der Waals surface area contributed by atoms with Crippen LogP contribution in [0.2, 0.25) is 0 Å². The van der Waals surface area contributed by atoms with Gasteiger partial charge in [-0.1, -0.05) is 0 Å². The first-order valence-corrected chi connectivity index (χ1v) is 5.53. The molecule has 0 saturated heterocycles. The van der Waals surface area contributed by atoms with E-state index in [0.29, 0.717) is 0 Å². The average molecular weight is 235 g/mol. The highest BCUT2D eigenvalue weighted by Gasteiger charge is 2.33. The van der Waals surface area contributed by atoms with E-state index in [1.807, 2.05) is 0 Å². The molecule has 0 aliphatic rings. The Labute approximate surface area is 72.0 Å². The highest BCUT2D eigenvalue weighted by atomic mass is 31.3. The molecule has 0 amide bonds. The summed E-state index contributed by atoms with van der Waals surface area (Å²) in [6.45, 7) is 0. The van der Waals surface area contributed by atoms with E-state index in [9.17, 15) is 9.13 Å². The Bertz CT molecular complexity index is 281. The van der Waals surface area contributed by atoms with Crippen LogP contribution in [0.4, 0.5) is 0 Å². The van der Waals surface area contributed by atoms with E-state index in [1.165, 1.54) is 5.48 Å². The van der Waals surface area contributed by atoms with E-state index >= 15 is 0 Å². The Hall–Kier alpha value is -0.470. The lowest BCUT2D eigenvalue weighted by Crippen LogP contribution is -2.29. The Kier molecular flexibility index (Phi) is 4.01. The standard InChI is InChI=1S/CH7N3O7P2/c2-1(3)4-10-13(8,9)11-12(5,6)7/h(H,8,9)(H4,2,3,4)(H2,5,6,7). The van der Waals surface area contributed by atoms with Crippen LogP contribution in [0.15, 0.2) is 0 Å². The lowest BCUT2D eigenvalue weighted by molar-refractivity contribution is 0.151. The third-order valence-electron chi connectivity index (χ3n) is 0.481. The molecule has 0 aromatic carbocycles. The van der Waals surface area contributed by atoms with E-state index in [1.54, 1.807) is 0 Å². The van der Waals surface area contributed by atoms with Crippen molar-refractivity contribution in [2.24, 2.45) is 5.73 Å².